The second-order valence-electron chi connectivity index (χ2n) is 11.6. The molecule has 3 aliphatic rings. The molecule has 8 nitrogen and oxygen atoms in total. The van der Waals surface area contributed by atoms with Crippen molar-refractivity contribution in [3.63, 3.8) is 0 Å². The molecule has 0 atom stereocenters. The van der Waals surface area contributed by atoms with E-state index in [0.29, 0.717) is 23.5 Å². The number of carbonyl (C=O) groups excluding carboxylic acids is 2. The Labute approximate surface area is 241 Å². The van der Waals surface area contributed by atoms with Crippen molar-refractivity contribution < 1.29 is 18.8 Å². The Morgan fingerprint density at radius 3 is 2.32 bits per heavy atom. The summed E-state index contributed by atoms with van der Waals surface area (Å²) in [5.74, 6) is 0.377. The standard InChI is InChI=1S/C31H33N5O3.C2H6/c1-36(17-19-9-11-20(32)12-10-19)15-13-34(14-16-36)18-35-30(37)25-21-5-3-6-22(21)29-27(28(25)31(35)38)26-23(33-29)7-4-8-24(26)39-2;1-2/h4,7-12H,3,5-6,13-18,32H2,1-2H3;1-2H3/p+1. The van der Waals surface area contributed by atoms with Gasteiger partial charge in [0.05, 0.1) is 61.5 Å². The number of likely N-dealkylation sites (N-methyl/N-ethyl adjacent to an activating group) is 1. The fourth-order valence-electron chi connectivity index (χ4n) is 6.93. The summed E-state index contributed by atoms with van der Waals surface area (Å²) < 4.78 is 6.63. The number of aromatic nitrogens is 1. The number of imide groups is 1. The Bertz CT molecular complexity index is 1650. The SMILES string of the molecule is CC.COc1cccc2[nH]c3c4c(c5c(c3c12)C(=O)N(CN1CC[N+](C)(Cc2ccc(N)cc2)CC1)C5=O)CCC4. The number of aromatic amines is 1. The van der Waals surface area contributed by atoms with E-state index in [1.807, 2.05) is 44.2 Å². The first-order valence-corrected chi connectivity index (χ1v) is 14.8. The van der Waals surface area contributed by atoms with Crippen molar-refractivity contribution in [3.8, 4) is 5.75 Å². The number of fused-ring (bicyclic) bond motifs is 8. The van der Waals surface area contributed by atoms with Gasteiger partial charge in [0.2, 0.25) is 0 Å². The van der Waals surface area contributed by atoms with E-state index in [1.165, 1.54) is 16.0 Å². The zero-order valence-corrected chi connectivity index (χ0v) is 24.5. The highest BCUT2D eigenvalue weighted by molar-refractivity contribution is 6.31. The zero-order valence-electron chi connectivity index (χ0n) is 24.5. The number of rotatable bonds is 5. The number of H-pyrrole nitrogens is 1. The average Bonchev–Trinajstić information content (AvgIpc) is 3.68. The Morgan fingerprint density at radius 2 is 1.61 bits per heavy atom. The normalized spacial score (nSPS) is 18.0. The Morgan fingerprint density at radius 1 is 0.927 bits per heavy atom. The molecule has 0 radical (unpaired) electrons. The predicted octanol–water partition coefficient (Wildman–Crippen LogP) is 4.94. The van der Waals surface area contributed by atoms with Crippen LogP contribution in [0.1, 0.15) is 57.7 Å². The lowest BCUT2D eigenvalue weighted by atomic mass is 9.93. The molecule has 3 aromatic carbocycles. The van der Waals surface area contributed by atoms with Crippen LogP contribution in [0.5, 0.6) is 5.75 Å². The van der Waals surface area contributed by atoms with Crippen molar-refractivity contribution in [2.45, 2.75) is 39.7 Å². The van der Waals surface area contributed by atoms with Crippen LogP contribution >= 0.6 is 0 Å². The number of anilines is 1. The summed E-state index contributed by atoms with van der Waals surface area (Å²) >= 11 is 0. The Balaban J connectivity index is 0.00000148. The number of aryl methyl sites for hydroxylation is 1. The summed E-state index contributed by atoms with van der Waals surface area (Å²) in [5, 5.41) is 1.72. The summed E-state index contributed by atoms with van der Waals surface area (Å²) in [5.41, 5.74) is 13.2. The number of nitrogens with zero attached hydrogens (tertiary/aromatic N) is 3. The van der Waals surface area contributed by atoms with Gasteiger partial charge in [-0.2, -0.15) is 0 Å². The number of quaternary nitrogens is 1. The Kier molecular flexibility index (Phi) is 6.99. The van der Waals surface area contributed by atoms with Crippen molar-refractivity contribution in [3.05, 3.63) is 70.3 Å². The molecule has 3 N–H and O–H groups in total. The highest BCUT2D eigenvalue weighted by Gasteiger charge is 2.43. The van der Waals surface area contributed by atoms with Gasteiger partial charge in [-0.25, -0.2) is 0 Å². The molecule has 1 aromatic heterocycles. The van der Waals surface area contributed by atoms with Gasteiger partial charge in [0.15, 0.2) is 0 Å². The lowest BCUT2D eigenvalue weighted by Gasteiger charge is -2.42. The van der Waals surface area contributed by atoms with Gasteiger partial charge in [-0.15, -0.1) is 0 Å². The number of nitrogens with one attached hydrogen (secondary N) is 1. The van der Waals surface area contributed by atoms with E-state index in [1.54, 1.807) is 7.11 Å². The second-order valence-corrected chi connectivity index (χ2v) is 11.6. The third-order valence-corrected chi connectivity index (χ3v) is 9.04. The topological polar surface area (TPSA) is 91.7 Å². The third-order valence-electron chi connectivity index (χ3n) is 9.04. The molecular weight excluding hydrogens is 514 g/mol. The van der Waals surface area contributed by atoms with Crippen LogP contribution in [-0.4, -0.2) is 78.1 Å². The number of benzene rings is 3. The maximum absolute atomic E-state index is 14.0. The van der Waals surface area contributed by atoms with E-state index < -0.39 is 0 Å². The van der Waals surface area contributed by atoms with Gasteiger partial charge in [-0.05, 0) is 54.7 Å². The Hall–Kier alpha value is -3.88. The number of carbonyl (C=O) groups is 2. The van der Waals surface area contributed by atoms with Crippen molar-refractivity contribution in [2.75, 3.05) is 52.7 Å². The number of hydrogen-bond acceptors (Lipinski definition) is 5. The van der Waals surface area contributed by atoms with Crippen LogP contribution in [0.2, 0.25) is 0 Å². The van der Waals surface area contributed by atoms with Gasteiger partial charge in [-0.3, -0.25) is 19.4 Å². The summed E-state index contributed by atoms with van der Waals surface area (Å²) in [6.07, 6.45) is 2.73. The minimum atomic E-state index is -0.189. The van der Waals surface area contributed by atoms with Crippen LogP contribution in [0.4, 0.5) is 5.69 Å². The van der Waals surface area contributed by atoms with E-state index in [0.717, 1.165) is 89.5 Å². The van der Waals surface area contributed by atoms with Gasteiger partial charge < -0.3 is 19.9 Å². The molecule has 4 aromatic rings. The van der Waals surface area contributed by atoms with Crippen LogP contribution in [-0.2, 0) is 19.4 Å². The second kappa shape index (κ2) is 10.5. The van der Waals surface area contributed by atoms with Gasteiger partial charge in [-0.1, -0.05) is 32.0 Å². The summed E-state index contributed by atoms with van der Waals surface area (Å²) in [6, 6.07) is 14.0. The largest absolute Gasteiger partial charge is 0.496 e. The van der Waals surface area contributed by atoms with Crippen molar-refractivity contribution in [2.24, 2.45) is 0 Å². The molecule has 8 heteroatoms. The zero-order chi connectivity index (χ0) is 28.9. The van der Waals surface area contributed by atoms with Crippen molar-refractivity contribution in [1.29, 1.82) is 0 Å². The molecule has 0 unspecified atom stereocenters. The molecule has 3 heterocycles. The van der Waals surface area contributed by atoms with E-state index >= 15 is 0 Å². The van der Waals surface area contributed by atoms with Crippen molar-refractivity contribution in [1.82, 2.24) is 14.8 Å². The first kappa shape index (κ1) is 27.3. The fourth-order valence-corrected chi connectivity index (χ4v) is 6.93. The van der Waals surface area contributed by atoms with Crippen LogP contribution in [0.15, 0.2) is 42.5 Å². The van der Waals surface area contributed by atoms with Gasteiger partial charge in [0.1, 0.15) is 12.3 Å². The molecular formula is C33H40N5O3+. The molecule has 7 rings (SSSR count). The summed E-state index contributed by atoms with van der Waals surface area (Å²) in [6.45, 7) is 8.82. The fraction of sp³-hybridized carbons (Fsp3) is 0.394. The predicted molar refractivity (Wildman–Crippen MR) is 163 cm³/mol. The number of ether oxygens (including phenoxy) is 1. The first-order chi connectivity index (χ1) is 19.9. The number of piperazine rings is 1. The van der Waals surface area contributed by atoms with Crippen LogP contribution in [0, 0.1) is 0 Å². The van der Waals surface area contributed by atoms with E-state index in [-0.39, 0.29) is 11.8 Å². The minimum Gasteiger partial charge on any atom is -0.496 e. The summed E-state index contributed by atoms with van der Waals surface area (Å²) in [4.78, 5) is 35.2. The number of nitrogen functional groups attached to an aromatic ring is 1. The van der Waals surface area contributed by atoms with Crippen LogP contribution in [0.3, 0.4) is 0 Å². The molecule has 0 spiro atoms. The molecule has 2 aliphatic heterocycles. The quantitative estimate of drug-likeness (QED) is 0.207. The lowest BCUT2D eigenvalue weighted by Crippen LogP contribution is -2.58. The molecule has 214 valence electrons. The molecule has 0 saturated carbocycles. The minimum absolute atomic E-state index is 0.149. The smallest absolute Gasteiger partial charge is 0.263 e. The van der Waals surface area contributed by atoms with E-state index in [4.69, 9.17) is 10.5 Å². The molecule has 41 heavy (non-hydrogen) atoms. The third kappa shape index (κ3) is 4.46. The van der Waals surface area contributed by atoms with Crippen LogP contribution < -0.4 is 10.5 Å². The highest BCUT2D eigenvalue weighted by atomic mass is 16.5. The molecule has 0 bridgehead atoms. The lowest BCUT2D eigenvalue weighted by molar-refractivity contribution is -0.926. The molecule has 1 fully saturated rings. The number of hydrogen-bond donors (Lipinski definition) is 2. The number of amides is 2. The highest BCUT2D eigenvalue weighted by Crippen LogP contribution is 2.45. The average molecular weight is 555 g/mol. The van der Waals surface area contributed by atoms with Gasteiger partial charge in [0, 0.05) is 29.7 Å². The molecule has 1 saturated heterocycles. The van der Waals surface area contributed by atoms with E-state index in [2.05, 4.69) is 29.1 Å². The number of nitrogens with two attached hydrogens (primary N) is 1. The first-order valence-electron chi connectivity index (χ1n) is 14.8. The van der Waals surface area contributed by atoms with Crippen molar-refractivity contribution >= 4 is 39.3 Å². The molecule has 2 amide bonds. The number of methoxy groups -OCH3 is 1. The van der Waals surface area contributed by atoms with E-state index in [9.17, 15) is 9.59 Å². The maximum atomic E-state index is 14.0. The monoisotopic (exact) mass is 554 g/mol. The van der Waals surface area contributed by atoms with Gasteiger partial charge >= 0.3 is 0 Å². The van der Waals surface area contributed by atoms with Gasteiger partial charge in [0.25, 0.3) is 11.8 Å². The maximum Gasteiger partial charge on any atom is 0.263 e. The van der Waals surface area contributed by atoms with Crippen LogP contribution in [0.25, 0.3) is 21.8 Å². The molecule has 1 aliphatic carbocycles. The summed E-state index contributed by atoms with van der Waals surface area (Å²) in [7, 11) is 3.93.